The molecular weight excluding hydrogens is 298 g/mol. The third kappa shape index (κ3) is 4.59. The summed E-state index contributed by atoms with van der Waals surface area (Å²) in [5.74, 6) is 0.0493. The highest BCUT2D eigenvalue weighted by Crippen LogP contribution is 2.22. The lowest BCUT2D eigenvalue weighted by Gasteiger charge is -2.28. The molecule has 2 aromatic carbocycles. The van der Waals surface area contributed by atoms with E-state index in [0.29, 0.717) is 6.42 Å². The lowest BCUT2D eigenvalue weighted by molar-refractivity contribution is -0.121. The van der Waals surface area contributed by atoms with Crippen LogP contribution in [0, 0.1) is 0 Å². The molecule has 2 aromatic rings. The Balaban J connectivity index is 1.64. The molecule has 1 aliphatic rings. The fourth-order valence-electron chi connectivity index (χ4n) is 3.06. The van der Waals surface area contributed by atoms with Crippen LogP contribution < -0.4 is 10.4 Å². The van der Waals surface area contributed by atoms with Crippen molar-refractivity contribution in [3.8, 4) is 0 Å². The molecule has 24 heavy (non-hydrogen) atoms. The number of hydrogen-bond donors (Lipinski definition) is 1. The predicted octanol–water partition coefficient (Wildman–Crippen LogP) is 3.73. The third-order valence-electron chi connectivity index (χ3n) is 4.37. The third-order valence-corrected chi connectivity index (χ3v) is 4.37. The van der Waals surface area contributed by atoms with Crippen molar-refractivity contribution in [2.24, 2.45) is 0 Å². The van der Waals surface area contributed by atoms with Gasteiger partial charge >= 0.3 is 0 Å². The molecule has 126 valence electrons. The summed E-state index contributed by atoms with van der Waals surface area (Å²) in [4.78, 5) is 14.9. The Bertz CT molecular complexity index is 584. The molecule has 1 heterocycles. The normalized spacial score (nSPS) is 15.0. The van der Waals surface area contributed by atoms with Crippen LogP contribution in [0.5, 0.6) is 0 Å². The van der Waals surface area contributed by atoms with Crippen LogP contribution in [0.25, 0.3) is 0 Å². The second-order valence-corrected chi connectivity index (χ2v) is 6.19. The highest BCUT2D eigenvalue weighted by atomic mass is 16.2. The van der Waals surface area contributed by atoms with E-state index >= 15 is 0 Å². The number of anilines is 2. The summed E-state index contributed by atoms with van der Waals surface area (Å²) < 4.78 is 0. The van der Waals surface area contributed by atoms with Crippen LogP contribution in [0.3, 0.4) is 0 Å². The fourth-order valence-corrected chi connectivity index (χ4v) is 3.06. The number of amides is 1. The first-order chi connectivity index (χ1) is 11.8. The largest absolute Gasteiger partial charge is 0.303 e. The van der Waals surface area contributed by atoms with Gasteiger partial charge in [0.1, 0.15) is 0 Å². The first-order valence-electron chi connectivity index (χ1n) is 8.75. The molecule has 0 bridgehead atoms. The highest BCUT2D eigenvalue weighted by Gasteiger charge is 2.15. The molecule has 4 heteroatoms. The Hall–Kier alpha value is -2.33. The minimum atomic E-state index is 0.0493. The zero-order chi connectivity index (χ0) is 16.6. The monoisotopic (exact) mass is 323 g/mol. The summed E-state index contributed by atoms with van der Waals surface area (Å²) in [6.07, 6.45) is 4.35. The van der Waals surface area contributed by atoms with Gasteiger partial charge in [-0.15, -0.1) is 0 Å². The van der Waals surface area contributed by atoms with Crippen LogP contribution >= 0.6 is 0 Å². The van der Waals surface area contributed by atoms with Gasteiger partial charge in [-0.1, -0.05) is 42.8 Å². The smallest absolute Gasteiger partial charge is 0.240 e. The average Bonchev–Trinajstić information content (AvgIpc) is 2.67. The second kappa shape index (κ2) is 8.50. The number of para-hydroxylation sites is 2. The zero-order valence-electron chi connectivity index (χ0n) is 14.0. The Morgan fingerprint density at radius 3 is 1.96 bits per heavy atom. The molecule has 4 nitrogen and oxygen atoms in total. The standard InChI is InChI=1S/C20H25N3O/c24-20(14-17-22-15-8-3-9-16-22)21-23(18-10-4-1-5-11-18)19-12-6-2-7-13-19/h1-2,4-7,10-13H,3,8-9,14-17H2,(H,21,24). The number of piperidine rings is 1. The van der Waals surface area contributed by atoms with Crippen molar-refractivity contribution < 1.29 is 4.79 Å². The topological polar surface area (TPSA) is 35.6 Å². The number of hydrazine groups is 1. The Morgan fingerprint density at radius 2 is 1.42 bits per heavy atom. The van der Waals surface area contributed by atoms with Crippen LogP contribution in [0.15, 0.2) is 60.7 Å². The number of benzene rings is 2. The predicted molar refractivity (Wildman–Crippen MR) is 98.1 cm³/mol. The first-order valence-corrected chi connectivity index (χ1v) is 8.75. The van der Waals surface area contributed by atoms with Gasteiger partial charge in [0.05, 0.1) is 11.4 Å². The van der Waals surface area contributed by atoms with Gasteiger partial charge in [-0.2, -0.15) is 0 Å². The van der Waals surface area contributed by atoms with Crippen LogP contribution in [0.4, 0.5) is 11.4 Å². The van der Waals surface area contributed by atoms with Gasteiger partial charge in [0.2, 0.25) is 5.91 Å². The molecule has 0 aliphatic carbocycles. The van der Waals surface area contributed by atoms with Crippen molar-refractivity contribution >= 4 is 17.3 Å². The van der Waals surface area contributed by atoms with E-state index in [0.717, 1.165) is 31.0 Å². The molecule has 1 aliphatic heterocycles. The minimum absolute atomic E-state index is 0.0493. The van der Waals surface area contributed by atoms with Crippen molar-refractivity contribution in [2.45, 2.75) is 25.7 Å². The maximum Gasteiger partial charge on any atom is 0.240 e. The van der Waals surface area contributed by atoms with E-state index in [4.69, 9.17) is 0 Å². The molecule has 0 spiro atoms. The van der Waals surface area contributed by atoms with Gasteiger partial charge < -0.3 is 4.90 Å². The number of nitrogens with one attached hydrogen (secondary N) is 1. The summed E-state index contributed by atoms with van der Waals surface area (Å²) in [6.45, 7) is 3.08. The number of carbonyl (C=O) groups is 1. The molecule has 0 radical (unpaired) electrons. The lowest BCUT2D eigenvalue weighted by Crippen LogP contribution is -2.41. The maximum atomic E-state index is 12.5. The molecular formula is C20H25N3O. The quantitative estimate of drug-likeness (QED) is 0.823. The Morgan fingerprint density at radius 1 is 0.875 bits per heavy atom. The number of carbonyl (C=O) groups excluding carboxylic acids is 1. The number of nitrogens with zero attached hydrogens (tertiary/aromatic N) is 2. The first kappa shape index (κ1) is 16.5. The SMILES string of the molecule is O=C(CCN1CCCCC1)NN(c1ccccc1)c1ccccc1. The van der Waals surface area contributed by atoms with Crippen LogP contribution in [-0.2, 0) is 4.79 Å². The van der Waals surface area contributed by atoms with Crippen molar-refractivity contribution in [1.82, 2.24) is 10.3 Å². The van der Waals surface area contributed by atoms with E-state index < -0.39 is 0 Å². The summed E-state index contributed by atoms with van der Waals surface area (Å²) >= 11 is 0. The summed E-state index contributed by atoms with van der Waals surface area (Å²) in [5.41, 5.74) is 4.96. The van der Waals surface area contributed by atoms with E-state index in [1.54, 1.807) is 0 Å². The Labute approximate surface area is 144 Å². The highest BCUT2D eigenvalue weighted by molar-refractivity contribution is 5.80. The number of rotatable bonds is 6. The van der Waals surface area contributed by atoms with Gasteiger partial charge in [-0.25, -0.2) is 0 Å². The van der Waals surface area contributed by atoms with Crippen molar-refractivity contribution in [2.75, 3.05) is 24.6 Å². The van der Waals surface area contributed by atoms with Crippen molar-refractivity contribution in [1.29, 1.82) is 0 Å². The summed E-state index contributed by atoms with van der Waals surface area (Å²) in [6, 6.07) is 19.9. The molecule has 1 amide bonds. The van der Waals surface area contributed by atoms with E-state index in [2.05, 4.69) is 10.3 Å². The molecule has 1 N–H and O–H groups in total. The van der Waals surface area contributed by atoms with Crippen molar-refractivity contribution in [3.05, 3.63) is 60.7 Å². The van der Waals surface area contributed by atoms with Crippen LogP contribution in [0.1, 0.15) is 25.7 Å². The minimum Gasteiger partial charge on any atom is -0.303 e. The molecule has 0 aromatic heterocycles. The number of likely N-dealkylation sites (tertiary alicyclic amines) is 1. The van der Waals surface area contributed by atoms with E-state index in [1.807, 2.05) is 65.7 Å². The van der Waals surface area contributed by atoms with Gasteiger partial charge in [0.25, 0.3) is 0 Å². The maximum absolute atomic E-state index is 12.5. The van der Waals surface area contributed by atoms with Gasteiger partial charge in [-0.05, 0) is 50.2 Å². The number of hydrogen-bond acceptors (Lipinski definition) is 3. The van der Waals surface area contributed by atoms with E-state index in [1.165, 1.54) is 19.3 Å². The Kier molecular flexibility index (Phi) is 5.85. The summed E-state index contributed by atoms with van der Waals surface area (Å²) in [5, 5.41) is 1.86. The van der Waals surface area contributed by atoms with E-state index in [-0.39, 0.29) is 5.91 Å². The lowest BCUT2D eigenvalue weighted by atomic mass is 10.1. The molecule has 0 unspecified atom stereocenters. The zero-order valence-corrected chi connectivity index (χ0v) is 14.0. The average molecular weight is 323 g/mol. The molecule has 3 rings (SSSR count). The molecule has 1 saturated heterocycles. The molecule has 0 atom stereocenters. The van der Waals surface area contributed by atoms with E-state index in [9.17, 15) is 4.79 Å². The second-order valence-electron chi connectivity index (χ2n) is 6.19. The van der Waals surface area contributed by atoms with Crippen LogP contribution in [-0.4, -0.2) is 30.4 Å². The van der Waals surface area contributed by atoms with Gasteiger partial charge in [-0.3, -0.25) is 15.2 Å². The van der Waals surface area contributed by atoms with Gasteiger partial charge in [0.15, 0.2) is 0 Å². The van der Waals surface area contributed by atoms with Crippen molar-refractivity contribution in [3.63, 3.8) is 0 Å². The fraction of sp³-hybridized carbons (Fsp3) is 0.350. The molecule has 0 saturated carbocycles. The molecule has 1 fully saturated rings. The van der Waals surface area contributed by atoms with Gasteiger partial charge in [0, 0.05) is 13.0 Å². The summed E-state index contributed by atoms with van der Waals surface area (Å²) in [7, 11) is 0. The van der Waals surface area contributed by atoms with Crippen LogP contribution in [0.2, 0.25) is 0 Å².